The van der Waals surface area contributed by atoms with Crippen LogP contribution in [0.25, 0.3) is 0 Å². The van der Waals surface area contributed by atoms with Crippen LogP contribution in [0.3, 0.4) is 0 Å². The van der Waals surface area contributed by atoms with Crippen LogP contribution in [0.1, 0.15) is 174 Å². The number of aliphatic hydroxyl groups is 2. The van der Waals surface area contributed by atoms with Gasteiger partial charge >= 0.3 is 25.7 Å². The van der Waals surface area contributed by atoms with Crippen molar-refractivity contribution in [3.63, 3.8) is 0 Å². The smallest absolute Gasteiger partial charge is 0.472 e. The molecule has 7 atom stereocenters. The van der Waals surface area contributed by atoms with Crippen LogP contribution in [-0.2, 0) is 42.3 Å². The molecule has 1 aliphatic rings. The lowest BCUT2D eigenvalue weighted by atomic mass is 9.88. The molecule has 0 bridgehead atoms. The number of esters is 2. The maximum Gasteiger partial charge on any atom is 0.472 e. The SMILES string of the molecule is CCCCCCCCCCCCCCCC(=O)OC[C@H](COP(=O)(O)OC[C@H](N)C(=O)O)OC(=O)CCCCCC[C@H]1[C@@H](O)CC(=O)[C@@H]1/C=C/[C@@H](O)CCCCC. The van der Waals surface area contributed by atoms with Gasteiger partial charge in [-0.2, -0.15) is 0 Å². The van der Waals surface area contributed by atoms with Crippen molar-refractivity contribution >= 4 is 31.5 Å². The summed E-state index contributed by atoms with van der Waals surface area (Å²) in [7, 11) is -4.78. The van der Waals surface area contributed by atoms with Gasteiger partial charge in [-0.1, -0.05) is 142 Å². The molecule has 1 saturated carbocycles. The molecule has 14 nitrogen and oxygen atoms in total. The minimum Gasteiger partial charge on any atom is -0.480 e. The number of phosphoric acid groups is 1. The Morgan fingerprint density at radius 1 is 0.772 bits per heavy atom. The average Bonchev–Trinajstić information content (AvgIpc) is 3.44. The summed E-state index contributed by atoms with van der Waals surface area (Å²) < 4.78 is 32.7. The number of carbonyl (C=O) groups is 4. The molecule has 0 saturated heterocycles. The summed E-state index contributed by atoms with van der Waals surface area (Å²) in [6.07, 6.45) is 23.3. The summed E-state index contributed by atoms with van der Waals surface area (Å²) in [6.45, 7) is 2.46. The maximum atomic E-state index is 12.7. The van der Waals surface area contributed by atoms with Gasteiger partial charge in [0.05, 0.1) is 25.4 Å². The number of phosphoric ester groups is 1. The predicted molar refractivity (Wildman–Crippen MR) is 218 cm³/mol. The minimum atomic E-state index is -4.78. The summed E-state index contributed by atoms with van der Waals surface area (Å²) in [5.41, 5.74) is 5.33. The highest BCUT2D eigenvalue weighted by Crippen LogP contribution is 2.43. The molecule has 0 amide bonds. The van der Waals surface area contributed by atoms with Gasteiger partial charge in [-0.25, -0.2) is 4.57 Å². The van der Waals surface area contributed by atoms with Gasteiger partial charge in [0.1, 0.15) is 18.4 Å². The molecular formula is C42H76NO13P. The summed E-state index contributed by atoms with van der Waals surface area (Å²) in [5.74, 6) is -3.23. The zero-order valence-corrected chi connectivity index (χ0v) is 35.8. The van der Waals surface area contributed by atoms with Gasteiger partial charge in [0.2, 0.25) is 0 Å². The third kappa shape index (κ3) is 27.2. The number of Topliss-reactive ketones (excluding diaryl/α,β-unsaturated/α-hetero) is 1. The second kappa shape index (κ2) is 32.6. The van der Waals surface area contributed by atoms with Crippen LogP contribution < -0.4 is 5.73 Å². The van der Waals surface area contributed by atoms with E-state index in [-0.39, 0.29) is 31.0 Å². The molecule has 1 rings (SSSR count). The number of rotatable bonds is 37. The summed E-state index contributed by atoms with van der Waals surface area (Å²) in [4.78, 5) is 58.7. The van der Waals surface area contributed by atoms with E-state index in [1.54, 1.807) is 12.2 Å². The highest BCUT2D eigenvalue weighted by atomic mass is 31.2. The number of carboxylic acid groups (broad SMARTS) is 1. The van der Waals surface area contributed by atoms with Crippen LogP contribution in [0.15, 0.2) is 12.2 Å². The van der Waals surface area contributed by atoms with Crippen LogP contribution in [-0.4, -0.2) is 88.1 Å². The minimum absolute atomic E-state index is 0.0238. The van der Waals surface area contributed by atoms with Crippen molar-refractivity contribution in [1.82, 2.24) is 0 Å². The number of hydrogen-bond donors (Lipinski definition) is 5. The number of carbonyl (C=O) groups excluding carboxylic acids is 3. The number of unbranched alkanes of at least 4 members (excludes halogenated alkanes) is 17. The van der Waals surface area contributed by atoms with Gasteiger partial charge < -0.3 is 35.4 Å². The first-order valence-corrected chi connectivity index (χ1v) is 23.3. The first-order valence-electron chi connectivity index (χ1n) is 21.8. The Morgan fingerprint density at radius 2 is 1.28 bits per heavy atom. The first-order chi connectivity index (χ1) is 27.3. The molecule has 1 aliphatic carbocycles. The molecule has 0 spiro atoms. The maximum absolute atomic E-state index is 12.7. The van der Waals surface area contributed by atoms with Gasteiger partial charge in [0, 0.05) is 25.2 Å². The number of allylic oxidation sites excluding steroid dienone is 1. The number of carboxylic acids is 1. The Morgan fingerprint density at radius 3 is 1.86 bits per heavy atom. The van der Waals surface area contributed by atoms with Gasteiger partial charge in [-0.15, -0.1) is 0 Å². The molecular weight excluding hydrogens is 757 g/mol. The lowest BCUT2D eigenvalue weighted by Crippen LogP contribution is -2.34. The van der Waals surface area contributed by atoms with E-state index in [1.807, 2.05) is 0 Å². The lowest BCUT2D eigenvalue weighted by Gasteiger charge is -2.20. The molecule has 0 radical (unpaired) electrons. The van der Waals surface area contributed by atoms with Crippen molar-refractivity contribution in [2.75, 3.05) is 19.8 Å². The fourth-order valence-corrected chi connectivity index (χ4v) is 7.69. The van der Waals surface area contributed by atoms with Crippen molar-refractivity contribution < 1.29 is 62.5 Å². The Kier molecular flexibility index (Phi) is 30.2. The van der Waals surface area contributed by atoms with Crippen LogP contribution in [0.4, 0.5) is 0 Å². The molecule has 332 valence electrons. The van der Waals surface area contributed by atoms with E-state index >= 15 is 0 Å². The fraction of sp³-hybridized carbons (Fsp3) is 0.857. The number of ketones is 1. The highest BCUT2D eigenvalue weighted by molar-refractivity contribution is 7.47. The van der Waals surface area contributed by atoms with E-state index in [9.17, 15) is 38.8 Å². The normalized spacial score (nSPS) is 19.7. The Bertz CT molecular complexity index is 1180. The Hall–Kier alpha value is -2.19. The first kappa shape index (κ1) is 52.8. The predicted octanol–water partition coefficient (Wildman–Crippen LogP) is 7.87. The zero-order valence-electron chi connectivity index (χ0n) is 34.9. The molecule has 0 aromatic carbocycles. The fourth-order valence-electron chi connectivity index (χ4n) is 6.91. The van der Waals surface area contributed by atoms with Crippen molar-refractivity contribution in [3.05, 3.63) is 12.2 Å². The largest absolute Gasteiger partial charge is 0.480 e. The Balaban J connectivity index is 2.49. The van der Waals surface area contributed by atoms with Crippen molar-refractivity contribution in [2.24, 2.45) is 17.6 Å². The molecule has 0 heterocycles. The molecule has 0 aromatic heterocycles. The van der Waals surface area contributed by atoms with E-state index in [0.717, 1.165) is 51.4 Å². The second-order valence-electron chi connectivity index (χ2n) is 15.6. The number of aliphatic hydroxyl groups excluding tert-OH is 2. The molecule has 6 N–H and O–H groups in total. The summed E-state index contributed by atoms with van der Waals surface area (Å²) in [6, 6.07) is -1.56. The monoisotopic (exact) mass is 834 g/mol. The van der Waals surface area contributed by atoms with Crippen molar-refractivity contribution in [3.8, 4) is 0 Å². The zero-order chi connectivity index (χ0) is 42.3. The van der Waals surface area contributed by atoms with Crippen LogP contribution in [0.2, 0.25) is 0 Å². The van der Waals surface area contributed by atoms with Crippen LogP contribution in [0, 0.1) is 11.8 Å². The van der Waals surface area contributed by atoms with Gasteiger partial charge in [0.25, 0.3) is 0 Å². The Labute approximate surface area is 341 Å². The molecule has 57 heavy (non-hydrogen) atoms. The van der Waals surface area contributed by atoms with Gasteiger partial charge in [0.15, 0.2) is 6.10 Å². The lowest BCUT2D eigenvalue weighted by molar-refractivity contribution is -0.161. The number of hydrogen-bond acceptors (Lipinski definition) is 12. The number of aliphatic carboxylic acids is 1. The van der Waals surface area contributed by atoms with Gasteiger partial charge in [-0.3, -0.25) is 28.2 Å². The van der Waals surface area contributed by atoms with Crippen molar-refractivity contribution in [1.29, 1.82) is 0 Å². The molecule has 0 aliphatic heterocycles. The van der Waals surface area contributed by atoms with Gasteiger partial charge in [-0.05, 0) is 31.6 Å². The number of ether oxygens (including phenoxy) is 2. The van der Waals surface area contributed by atoms with Crippen LogP contribution in [0.5, 0.6) is 0 Å². The summed E-state index contributed by atoms with van der Waals surface area (Å²) in [5, 5.41) is 29.7. The quantitative estimate of drug-likeness (QED) is 0.0174. The molecule has 0 aromatic rings. The van der Waals surface area contributed by atoms with E-state index in [2.05, 4.69) is 18.4 Å². The van der Waals surface area contributed by atoms with Crippen molar-refractivity contribution in [2.45, 2.75) is 199 Å². The average molecular weight is 834 g/mol. The molecule has 15 heteroatoms. The second-order valence-corrected chi connectivity index (χ2v) is 17.1. The highest BCUT2D eigenvalue weighted by Gasteiger charge is 2.39. The van der Waals surface area contributed by atoms with Crippen LogP contribution >= 0.6 is 7.82 Å². The summed E-state index contributed by atoms with van der Waals surface area (Å²) >= 11 is 0. The molecule has 1 fully saturated rings. The standard InChI is InChI=1S/C42H76NO13P/c1-3-5-7-8-9-10-11-12-13-14-15-16-21-25-40(47)53-30-34(31-54-57(51,52)55-32-37(43)42(49)50)56-41(48)26-22-18-17-20-24-35-36(39(46)29-38(35)45)28-27-33(44)23-19-6-4-2/h27-28,33-38,44-45H,3-26,29-32,43H2,1-2H3,(H,49,50)(H,51,52)/b28-27+/t33-,34+,35+,36+,37-,38-/m0/s1. The third-order valence-electron chi connectivity index (χ3n) is 10.4. The third-order valence-corrected chi connectivity index (χ3v) is 11.4. The van der Waals surface area contributed by atoms with E-state index in [1.165, 1.54) is 57.8 Å². The van der Waals surface area contributed by atoms with E-state index < -0.39 is 75.8 Å². The van der Waals surface area contributed by atoms with E-state index in [4.69, 9.17) is 24.8 Å². The van der Waals surface area contributed by atoms with E-state index in [0.29, 0.717) is 32.1 Å². The molecule has 1 unspecified atom stereocenters. The number of nitrogens with two attached hydrogens (primary N) is 1. The topological polar surface area (TPSA) is 229 Å².